The predicted octanol–water partition coefficient (Wildman–Crippen LogP) is 2.79. The van der Waals surface area contributed by atoms with Gasteiger partial charge in [-0.25, -0.2) is 9.38 Å². The van der Waals surface area contributed by atoms with Gasteiger partial charge in [-0.2, -0.15) is 0 Å². The summed E-state index contributed by atoms with van der Waals surface area (Å²) in [6.45, 7) is 1.10. The number of hydrogen-bond donors (Lipinski definition) is 1. The summed E-state index contributed by atoms with van der Waals surface area (Å²) in [6, 6.07) is 9.38. The number of nitrogens with zero attached hydrogens (tertiary/aromatic N) is 1. The van der Waals surface area contributed by atoms with Gasteiger partial charge >= 0.3 is 0 Å². The molecular weight excluding hydrogens is 307 g/mol. The monoisotopic (exact) mass is 324 g/mol. The van der Waals surface area contributed by atoms with Gasteiger partial charge in [-0.15, -0.1) is 0 Å². The van der Waals surface area contributed by atoms with E-state index in [1.54, 1.807) is 6.92 Å². The highest BCUT2D eigenvalue weighted by molar-refractivity contribution is 8.13. The van der Waals surface area contributed by atoms with E-state index in [0.29, 0.717) is 11.5 Å². The lowest BCUT2D eigenvalue weighted by Gasteiger charge is -2.28. The standard InChI is InChI=1S/C15H17FN2OS2/c1-10-13(12(9-16)18-15(20)17-10)14(19)21-8-7-11-5-3-2-4-6-11/h2-6,12-13H,7-9H2,1H3,(H,18,20). The van der Waals surface area contributed by atoms with Gasteiger partial charge in [0, 0.05) is 11.5 Å². The zero-order valence-corrected chi connectivity index (χ0v) is 13.3. The quantitative estimate of drug-likeness (QED) is 0.846. The van der Waals surface area contributed by atoms with Crippen LogP contribution in [-0.4, -0.2) is 34.4 Å². The van der Waals surface area contributed by atoms with Crippen molar-refractivity contribution in [2.45, 2.75) is 19.4 Å². The van der Waals surface area contributed by atoms with Crippen LogP contribution in [0.1, 0.15) is 12.5 Å². The van der Waals surface area contributed by atoms with E-state index < -0.39 is 18.6 Å². The molecule has 0 bridgehead atoms. The molecule has 0 amide bonds. The molecule has 0 spiro atoms. The maximum Gasteiger partial charge on any atom is 0.199 e. The summed E-state index contributed by atoms with van der Waals surface area (Å²) in [4.78, 5) is 16.4. The lowest BCUT2D eigenvalue weighted by molar-refractivity contribution is -0.113. The molecule has 0 fully saturated rings. The maximum atomic E-state index is 13.1. The summed E-state index contributed by atoms with van der Waals surface area (Å²) < 4.78 is 13.1. The molecule has 1 aliphatic heterocycles. The van der Waals surface area contributed by atoms with Crippen molar-refractivity contribution < 1.29 is 9.18 Å². The minimum atomic E-state index is -0.636. The van der Waals surface area contributed by atoms with Crippen molar-refractivity contribution in [3.8, 4) is 0 Å². The first kappa shape index (κ1) is 16.1. The number of hydrogen-bond acceptors (Lipinski definition) is 3. The molecule has 1 N–H and O–H groups in total. The summed E-state index contributed by atoms with van der Waals surface area (Å²) in [5, 5.41) is 2.98. The normalized spacial score (nSPS) is 21.6. The fourth-order valence-electron chi connectivity index (χ4n) is 2.26. The SMILES string of the molecule is CC1=NC(=S)NC(CF)C1C(=O)SCCc1ccccc1. The first-order valence-corrected chi connectivity index (χ1v) is 8.13. The molecule has 0 aliphatic carbocycles. The lowest BCUT2D eigenvalue weighted by Crippen LogP contribution is -2.50. The van der Waals surface area contributed by atoms with Crippen LogP contribution in [0.4, 0.5) is 4.39 Å². The van der Waals surface area contributed by atoms with Gasteiger partial charge < -0.3 is 5.32 Å². The highest BCUT2D eigenvalue weighted by Gasteiger charge is 2.34. The Morgan fingerprint density at radius 1 is 1.43 bits per heavy atom. The van der Waals surface area contributed by atoms with Gasteiger partial charge in [0.25, 0.3) is 0 Å². The molecule has 1 aromatic rings. The number of aliphatic imine (C=N–C) groups is 1. The van der Waals surface area contributed by atoms with Gasteiger partial charge in [-0.1, -0.05) is 42.1 Å². The van der Waals surface area contributed by atoms with Gasteiger partial charge in [0.15, 0.2) is 10.2 Å². The molecule has 0 saturated carbocycles. The molecule has 6 heteroatoms. The Bertz CT molecular complexity index is 548. The highest BCUT2D eigenvalue weighted by atomic mass is 32.2. The van der Waals surface area contributed by atoms with Gasteiger partial charge in [-0.05, 0) is 31.1 Å². The Morgan fingerprint density at radius 2 is 2.14 bits per heavy atom. The van der Waals surface area contributed by atoms with Crippen molar-refractivity contribution in [1.29, 1.82) is 0 Å². The number of alkyl halides is 1. The van der Waals surface area contributed by atoms with Crippen LogP contribution in [0.15, 0.2) is 35.3 Å². The van der Waals surface area contributed by atoms with Crippen LogP contribution in [-0.2, 0) is 11.2 Å². The van der Waals surface area contributed by atoms with Gasteiger partial charge in [0.2, 0.25) is 0 Å². The number of thioether (sulfide) groups is 1. The molecule has 3 nitrogen and oxygen atoms in total. The zero-order chi connectivity index (χ0) is 15.2. The van der Waals surface area contributed by atoms with Crippen LogP contribution in [0.2, 0.25) is 0 Å². The van der Waals surface area contributed by atoms with Crippen LogP contribution in [0.5, 0.6) is 0 Å². The van der Waals surface area contributed by atoms with Gasteiger partial charge in [-0.3, -0.25) is 4.79 Å². The molecule has 1 aromatic carbocycles. The van der Waals surface area contributed by atoms with E-state index in [2.05, 4.69) is 10.3 Å². The summed E-state index contributed by atoms with van der Waals surface area (Å²) in [7, 11) is 0. The number of carbonyl (C=O) groups excluding carboxylic acids is 1. The molecule has 2 atom stereocenters. The second kappa shape index (κ2) is 7.66. The summed E-state index contributed by atoms with van der Waals surface area (Å²) in [5.41, 5.74) is 1.78. The van der Waals surface area contributed by atoms with E-state index in [0.717, 1.165) is 6.42 Å². The number of carbonyl (C=O) groups is 1. The van der Waals surface area contributed by atoms with Crippen LogP contribution < -0.4 is 5.32 Å². The van der Waals surface area contributed by atoms with Crippen molar-refractivity contribution >= 4 is 39.9 Å². The first-order valence-electron chi connectivity index (χ1n) is 6.74. The van der Waals surface area contributed by atoms with E-state index in [9.17, 15) is 9.18 Å². The Balaban J connectivity index is 1.92. The van der Waals surface area contributed by atoms with Crippen molar-refractivity contribution in [2.24, 2.45) is 10.9 Å². The van der Waals surface area contributed by atoms with E-state index in [-0.39, 0.29) is 10.2 Å². The smallest absolute Gasteiger partial charge is 0.199 e. The third-order valence-corrected chi connectivity index (χ3v) is 4.49. The number of aryl methyl sites for hydroxylation is 1. The average molecular weight is 324 g/mol. The molecule has 112 valence electrons. The summed E-state index contributed by atoms with van der Waals surface area (Å²) >= 11 is 6.17. The number of halogens is 1. The Morgan fingerprint density at radius 3 is 2.81 bits per heavy atom. The van der Waals surface area contributed by atoms with E-state index in [4.69, 9.17) is 12.2 Å². The first-order chi connectivity index (χ1) is 10.1. The fraction of sp³-hybridized carbons (Fsp3) is 0.400. The number of nitrogens with one attached hydrogen (secondary N) is 1. The van der Waals surface area contributed by atoms with Crippen LogP contribution in [0.3, 0.4) is 0 Å². The van der Waals surface area contributed by atoms with Crippen molar-refractivity contribution in [2.75, 3.05) is 12.4 Å². The largest absolute Gasteiger partial charge is 0.354 e. The van der Waals surface area contributed by atoms with Crippen molar-refractivity contribution in [3.05, 3.63) is 35.9 Å². The number of benzene rings is 1. The molecule has 0 radical (unpaired) electrons. The molecule has 2 unspecified atom stereocenters. The molecule has 1 aliphatic rings. The fourth-order valence-corrected chi connectivity index (χ4v) is 3.61. The Labute approximate surface area is 133 Å². The second-order valence-electron chi connectivity index (χ2n) is 4.84. The van der Waals surface area contributed by atoms with Crippen LogP contribution in [0, 0.1) is 5.92 Å². The highest BCUT2D eigenvalue weighted by Crippen LogP contribution is 2.21. The van der Waals surface area contributed by atoms with E-state index in [1.165, 1.54) is 17.3 Å². The van der Waals surface area contributed by atoms with E-state index >= 15 is 0 Å². The third kappa shape index (κ3) is 4.35. The summed E-state index contributed by atoms with van der Waals surface area (Å²) in [6.07, 6.45) is 0.812. The van der Waals surface area contributed by atoms with Crippen molar-refractivity contribution in [3.63, 3.8) is 0 Å². The molecule has 0 aromatic heterocycles. The molecule has 21 heavy (non-hydrogen) atoms. The molecule has 2 rings (SSSR count). The maximum absolute atomic E-state index is 13.1. The second-order valence-corrected chi connectivity index (χ2v) is 6.33. The Hall–Kier alpha value is -1.27. The number of rotatable bonds is 5. The summed E-state index contributed by atoms with van der Waals surface area (Å²) in [5.74, 6) is 0.137. The van der Waals surface area contributed by atoms with Crippen LogP contribution >= 0.6 is 24.0 Å². The molecular formula is C15H17FN2OS2. The molecule has 1 heterocycles. The topological polar surface area (TPSA) is 41.5 Å². The van der Waals surface area contributed by atoms with Crippen molar-refractivity contribution in [1.82, 2.24) is 5.32 Å². The van der Waals surface area contributed by atoms with Crippen LogP contribution in [0.25, 0.3) is 0 Å². The minimum Gasteiger partial charge on any atom is -0.354 e. The lowest BCUT2D eigenvalue weighted by atomic mass is 9.96. The zero-order valence-electron chi connectivity index (χ0n) is 11.7. The van der Waals surface area contributed by atoms with Gasteiger partial charge in [0.05, 0.1) is 12.0 Å². The number of thiocarbonyl (C=S) groups is 1. The van der Waals surface area contributed by atoms with E-state index in [1.807, 2.05) is 30.3 Å². The third-order valence-electron chi connectivity index (χ3n) is 3.34. The predicted molar refractivity (Wildman–Crippen MR) is 89.7 cm³/mol. The average Bonchev–Trinajstić information content (AvgIpc) is 2.47. The molecule has 0 saturated heterocycles. The van der Waals surface area contributed by atoms with Gasteiger partial charge in [0.1, 0.15) is 6.67 Å². The Kier molecular flexibility index (Phi) is 5.87. The minimum absolute atomic E-state index is 0.0511.